The predicted octanol–water partition coefficient (Wildman–Crippen LogP) is 4.17. The SMILES string of the molecule is CCCCN1CCc2c3n(c4ccccc24)C(=O)N(CCOC2CCCCO2)CC31. The Kier molecular flexibility index (Phi) is 5.81. The van der Waals surface area contributed by atoms with Gasteiger partial charge in [-0.3, -0.25) is 9.47 Å². The number of carbonyl (C=O) groups excluding carboxylic acids is 1. The van der Waals surface area contributed by atoms with E-state index in [2.05, 4.69) is 30.0 Å². The van der Waals surface area contributed by atoms with Gasteiger partial charge in [-0.2, -0.15) is 0 Å². The molecule has 0 saturated carbocycles. The molecule has 6 nitrogen and oxygen atoms in total. The van der Waals surface area contributed by atoms with Gasteiger partial charge in [0.1, 0.15) is 0 Å². The van der Waals surface area contributed by atoms with Crippen molar-refractivity contribution in [1.82, 2.24) is 14.4 Å². The molecule has 1 aromatic heterocycles. The van der Waals surface area contributed by atoms with E-state index in [0.29, 0.717) is 13.2 Å². The van der Waals surface area contributed by atoms with Gasteiger partial charge in [0.2, 0.25) is 0 Å². The normalized spacial score (nSPS) is 24.4. The molecule has 0 radical (unpaired) electrons. The number of rotatable bonds is 7. The van der Waals surface area contributed by atoms with Crippen molar-refractivity contribution >= 4 is 16.9 Å². The Morgan fingerprint density at radius 1 is 1.20 bits per heavy atom. The number of para-hydroxylation sites is 1. The molecule has 162 valence electrons. The summed E-state index contributed by atoms with van der Waals surface area (Å²) in [4.78, 5) is 18.1. The fraction of sp³-hybridized carbons (Fsp3) is 0.625. The van der Waals surface area contributed by atoms with E-state index in [4.69, 9.17) is 9.47 Å². The van der Waals surface area contributed by atoms with E-state index >= 15 is 0 Å². The molecule has 30 heavy (non-hydrogen) atoms. The zero-order valence-corrected chi connectivity index (χ0v) is 18.0. The molecule has 5 rings (SSSR count). The summed E-state index contributed by atoms with van der Waals surface area (Å²) in [5.41, 5.74) is 3.66. The lowest BCUT2D eigenvalue weighted by Gasteiger charge is -2.43. The number of ether oxygens (including phenoxy) is 2. The summed E-state index contributed by atoms with van der Waals surface area (Å²) in [7, 11) is 0. The second-order valence-electron chi connectivity index (χ2n) is 8.77. The standard InChI is InChI=1S/C24H33N3O3/c1-2-3-12-25-13-11-19-18-8-4-5-9-20(18)27-23(19)21(25)17-26(24(27)28)14-16-30-22-10-6-7-15-29-22/h4-5,8-9,21-22H,2-3,6-7,10-17H2,1H3. The van der Waals surface area contributed by atoms with Gasteiger partial charge in [-0.15, -0.1) is 0 Å². The van der Waals surface area contributed by atoms with Gasteiger partial charge in [0.15, 0.2) is 6.29 Å². The van der Waals surface area contributed by atoms with Crippen LogP contribution in [0.4, 0.5) is 4.79 Å². The third kappa shape index (κ3) is 3.55. The average molecular weight is 412 g/mol. The minimum atomic E-state index is -0.107. The van der Waals surface area contributed by atoms with E-state index in [9.17, 15) is 4.79 Å². The van der Waals surface area contributed by atoms with Gasteiger partial charge in [-0.25, -0.2) is 4.79 Å². The third-order valence-electron chi connectivity index (χ3n) is 6.88. The summed E-state index contributed by atoms with van der Waals surface area (Å²) in [6.07, 6.45) is 6.53. The highest BCUT2D eigenvalue weighted by atomic mass is 16.7. The topological polar surface area (TPSA) is 46.9 Å². The van der Waals surface area contributed by atoms with Gasteiger partial charge in [0, 0.05) is 31.6 Å². The van der Waals surface area contributed by atoms with Crippen molar-refractivity contribution in [1.29, 1.82) is 0 Å². The van der Waals surface area contributed by atoms with E-state index in [1.54, 1.807) is 0 Å². The first kappa shape index (κ1) is 20.0. The molecule has 0 bridgehead atoms. The van der Waals surface area contributed by atoms with Crippen molar-refractivity contribution in [3.05, 3.63) is 35.5 Å². The highest BCUT2D eigenvalue weighted by Crippen LogP contribution is 2.40. The molecule has 3 aliphatic heterocycles. The van der Waals surface area contributed by atoms with E-state index in [-0.39, 0.29) is 18.4 Å². The van der Waals surface area contributed by atoms with Crippen molar-refractivity contribution in [3.63, 3.8) is 0 Å². The minimum absolute atomic E-state index is 0.0919. The maximum absolute atomic E-state index is 13.5. The van der Waals surface area contributed by atoms with Crippen LogP contribution in [0.1, 0.15) is 56.3 Å². The molecule has 0 aliphatic carbocycles. The first-order valence-corrected chi connectivity index (χ1v) is 11.7. The molecular formula is C24H33N3O3. The molecule has 2 atom stereocenters. The Labute approximate surface area is 178 Å². The van der Waals surface area contributed by atoms with Gasteiger partial charge in [0.05, 0.1) is 23.9 Å². The molecule has 6 heteroatoms. The van der Waals surface area contributed by atoms with Crippen LogP contribution in [0.25, 0.3) is 10.9 Å². The smallest absolute Gasteiger partial charge is 0.329 e. The number of aromatic nitrogens is 1. The summed E-state index contributed by atoms with van der Waals surface area (Å²) in [6, 6.07) is 8.76. The maximum Gasteiger partial charge on any atom is 0.329 e. The molecular weight excluding hydrogens is 378 g/mol. The summed E-state index contributed by atoms with van der Waals surface area (Å²) in [5, 5.41) is 1.25. The average Bonchev–Trinajstić information content (AvgIpc) is 3.12. The predicted molar refractivity (Wildman–Crippen MR) is 117 cm³/mol. The summed E-state index contributed by atoms with van der Waals surface area (Å²) >= 11 is 0. The number of nitrogens with zero attached hydrogens (tertiary/aromatic N) is 3. The summed E-state index contributed by atoms with van der Waals surface area (Å²) in [6.45, 7) is 7.08. The second kappa shape index (κ2) is 8.69. The lowest BCUT2D eigenvalue weighted by molar-refractivity contribution is -0.163. The zero-order chi connectivity index (χ0) is 20.5. The summed E-state index contributed by atoms with van der Waals surface area (Å²) < 4.78 is 13.6. The first-order valence-electron chi connectivity index (χ1n) is 11.7. The van der Waals surface area contributed by atoms with Crippen LogP contribution in [0, 0.1) is 0 Å². The van der Waals surface area contributed by atoms with E-state index in [0.717, 1.165) is 57.4 Å². The number of hydrogen-bond donors (Lipinski definition) is 0. The highest BCUT2D eigenvalue weighted by Gasteiger charge is 2.40. The van der Waals surface area contributed by atoms with E-state index < -0.39 is 0 Å². The highest BCUT2D eigenvalue weighted by molar-refractivity contribution is 5.96. The maximum atomic E-state index is 13.5. The molecule has 3 aliphatic rings. The Morgan fingerprint density at radius 2 is 2.10 bits per heavy atom. The number of unbranched alkanes of at least 4 members (excludes halogenated alkanes) is 1. The number of fused-ring (bicyclic) bond motifs is 3. The fourth-order valence-corrected chi connectivity index (χ4v) is 5.31. The number of amides is 1. The molecule has 1 fully saturated rings. The Bertz CT molecular complexity index is 902. The molecule has 0 spiro atoms. The van der Waals surface area contributed by atoms with Gasteiger partial charge < -0.3 is 14.4 Å². The van der Waals surface area contributed by atoms with Gasteiger partial charge in [-0.1, -0.05) is 31.5 Å². The largest absolute Gasteiger partial charge is 0.353 e. The second-order valence-corrected chi connectivity index (χ2v) is 8.77. The third-order valence-corrected chi connectivity index (χ3v) is 6.88. The Hall–Kier alpha value is -1.89. The molecule has 2 unspecified atom stereocenters. The Balaban J connectivity index is 1.41. The van der Waals surface area contributed by atoms with Crippen LogP contribution in [0.2, 0.25) is 0 Å². The number of hydrogen-bond acceptors (Lipinski definition) is 4. The van der Waals surface area contributed by atoms with Crippen LogP contribution in [-0.4, -0.2) is 66.1 Å². The van der Waals surface area contributed by atoms with Gasteiger partial charge >= 0.3 is 6.03 Å². The zero-order valence-electron chi connectivity index (χ0n) is 18.0. The monoisotopic (exact) mass is 411 g/mol. The molecule has 1 saturated heterocycles. The van der Waals surface area contributed by atoms with E-state index in [1.165, 1.54) is 29.5 Å². The van der Waals surface area contributed by atoms with Crippen molar-refractivity contribution in [2.24, 2.45) is 0 Å². The molecule has 1 amide bonds. The fourth-order valence-electron chi connectivity index (χ4n) is 5.31. The van der Waals surface area contributed by atoms with Crippen molar-refractivity contribution in [2.75, 3.05) is 39.4 Å². The molecule has 2 aromatic rings. The summed E-state index contributed by atoms with van der Waals surface area (Å²) in [5.74, 6) is 0. The quantitative estimate of drug-likeness (QED) is 0.686. The van der Waals surface area contributed by atoms with Gasteiger partial charge in [0.25, 0.3) is 0 Å². The lowest BCUT2D eigenvalue weighted by Crippen LogP contribution is -2.51. The van der Waals surface area contributed by atoms with Crippen LogP contribution in [0.5, 0.6) is 0 Å². The molecule has 4 heterocycles. The van der Waals surface area contributed by atoms with Crippen LogP contribution >= 0.6 is 0 Å². The van der Waals surface area contributed by atoms with Gasteiger partial charge in [-0.05, 0) is 50.3 Å². The number of carbonyl (C=O) groups is 1. The van der Waals surface area contributed by atoms with Crippen LogP contribution in [-0.2, 0) is 15.9 Å². The van der Waals surface area contributed by atoms with Crippen LogP contribution < -0.4 is 0 Å². The van der Waals surface area contributed by atoms with Crippen LogP contribution in [0.3, 0.4) is 0 Å². The van der Waals surface area contributed by atoms with Crippen molar-refractivity contribution in [2.45, 2.75) is 57.8 Å². The van der Waals surface area contributed by atoms with Crippen LogP contribution in [0.15, 0.2) is 24.3 Å². The van der Waals surface area contributed by atoms with Crippen molar-refractivity contribution in [3.8, 4) is 0 Å². The first-order chi connectivity index (χ1) is 14.8. The van der Waals surface area contributed by atoms with E-state index in [1.807, 2.05) is 15.5 Å². The minimum Gasteiger partial charge on any atom is -0.353 e. The molecule has 1 aromatic carbocycles. The lowest BCUT2D eigenvalue weighted by atomic mass is 9.95. The number of benzene rings is 1. The van der Waals surface area contributed by atoms with Crippen molar-refractivity contribution < 1.29 is 14.3 Å². The molecule has 0 N–H and O–H groups in total. The Morgan fingerprint density at radius 3 is 2.93 bits per heavy atom.